The number of hydrogen-bond acceptors (Lipinski definition) is 4. The number of anilines is 1. The highest BCUT2D eigenvalue weighted by atomic mass is 19.1. The van der Waals surface area contributed by atoms with Crippen molar-refractivity contribution in [2.75, 3.05) is 12.3 Å². The van der Waals surface area contributed by atoms with Crippen LogP contribution in [-0.2, 0) is 9.53 Å². The molecular formula is C10H10FNO4. The van der Waals surface area contributed by atoms with Crippen molar-refractivity contribution in [2.45, 2.75) is 6.92 Å². The fourth-order valence-electron chi connectivity index (χ4n) is 1.15. The average molecular weight is 227 g/mol. The van der Waals surface area contributed by atoms with Crippen molar-refractivity contribution in [3.05, 3.63) is 29.1 Å². The maximum Gasteiger partial charge on any atom is 0.341 e. The van der Waals surface area contributed by atoms with Crippen LogP contribution in [0, 0.1) is 12.7 Å². The second-order valence-electron chi connectivity index (χ2n) is 3.17. The summed E-state index contributed by atoms with van der Waals surface area (Å²) < 4.78 is 17.8. The number of carbonyl (C=O) groups is 2. The number of benzene rings is 1. The maximum absolute atomic E-state index is 13.5. The monoisotopic (exact) mass is 227 g/mol. The predicted octanol–water partition coefficient (Wildman–Crippen LogP) is 0.958. The quantitative estimate of drug-likeness (QED) is 0.592. The average Bonchev–Trinajstić information content (AvgIpc) is 2.19. The van der Waals surface area contributed by atoms with E-state index in [2.05, 4.69) is 4.74 Å². The number of nitrogen functional groups attached to an aromatic ring is 1. The molecule has 3 N–H and O–H groups in total. The standard InChI is InChI=1S/C10H10FNO4/c1-5-2-6(12)3-7(9(5)11)10(15)16-4-8(13)14/h2-3H,4,12H2,1H3,(H,13,14). The Bertz CT molecular complexity index is 445. The molecule has 0 atom stereocenters. The number of rotatable bonds is 3. The molecule has 1 rings (SSSR count). The minimum Gasteiger partial charge on any atom is -0.479 e. The Morgan fingerprint density at radius 2 is 2.12 bits per heavy atom. The fourth-order valence-corrected chi connectivity index (χ4v) is 1.15. The molecule has 0 amide bonds. The molecule has 0 heterocycles. The molecular weight excluding hydrogens is 217 g/mol. The SMILES string of the molecule is Cc1cc(N)cc(C(=O)OCC(=O)O)c1F. The Balaban J connectivity index is 2.95. The molecule has 1 aromatic rings. The third kappa shape index (κ3) is 2.69. The van der Waals surface area contributed by atoms with Crippen LogP contribution >= 0.6 is 0 Å². The van der Waals surface area contributed by atoms with Crippen LogP contribution in [0.4, 0.5) is 10.1 Å². The van der Waals surface area contributed by atoms with E-state index in [-0.39, 0.29) is 16.8 Å². The van der Waals surface area contributed by atoms with E-state index in [1.807, 2.05) is 0 Å². The van der Waals surface area contributed by atoms with Gasteiger partial charge in [-0.25, -0.2) is 14.0 Å². The van der Waals surface area contributed by atoms with Crippen molar-refractivity contribution in [1.29, 1.82) is 0 Å². The van der Waals surface area contributed by atoms with Gasteiger partial charge in [0.1, 0.15) is 5.82 Å². The van der Waals surface area contributed by atoms with E-state index in [9.17, 15) is 14.0 Å². The third-order valence-electron chi connectivity index (χ3n) is 1.82. The molecule has 6 heteroatoms. The molecule has 5 nitrogen and oxygen atoms in total. The zero-order chi connectivity index (χ0) is 12.3. The molecule has 1 aromatic carbocycles. The Labute approximate surface area is 90.6 Å². The van der Waals surface area contributed by atoms with Gasteiger partial charge < -0.3 is 15.6 Å². The first-order valence-electron chi connectivity index (χ1n) is 4.36. The summed E-state index contributed by atoms with van der Waals surface area (Å²) in [4.78, 5) is 21.5. The topological polar surface area (TPSA) is 89.6 Å². The number of halogens is 1. The number of carboxylic acid groups (broad SMARTS) is 1. The van der Waals surface area contributed by atoms with Gasteiger partial charge in [0.25, 0.3) is 0 Å². The molecule has 0 aliphatic rings. The van der Waals surface area contributed by atoms with Crippen molar-refractivity contribution in [1.82, 2.24) is 0 Å². The molecule has 0 radical (unpaired) electrons. The number of esters is 1. The van der Waals surface area contributed by atoms with Crippen LogP contribution < -0.4 is 5.73 Å². The number of ether oxygens (including phenoxy) is 1. The largest absolute Gasteiger partial charge is 0.479 e. The van der Waals surface area contributed by atoms with Crippen molar-refractivity contribution in [2.24, 2.45) is 0 Å². The summed E-state index contributed by atoms with van der Waals surface area (Å²) in [5.74, 6) is -3.12. The van der Waals surface area contributed by atoms with Gasteiger partial charge in [0.2, 0.25) is 0 Å². The normalized spacial score (nSPS) is 9.88. The van der Waals surface area contributed by atoms with Gasteiger partial charge >= 0.3 is 11.9 Å². The molecule has 0 spiro atoms. The van der Waals surface area contributed by atoms with Crippen LogP contribution in [-0.4, -0.2) is 23.7 Å². The first-order chi connectivity index (χ1) is 7.41. The number of carbonyl (C=O) groups excluding carboxylic acids is 1. The predicted molar refractivity (Wildman–Crippen MR) is 53.5 cm³/mol. The molecule has 0 aliphatic carbocycles. The highest BCUT2D eigenvalue weighted by molar-refractivity contribution is 5.92. The second-order valence-corrected chi connectivity index (χ2v) is 3.17. The molecule has 0 aliphatic heterocycles. The van der Waals surface area contributed by atoms with E-state index < -0.39 is 24.4 Å². The van der Waals surface area contributed by atoms with Crippen LogP contribution in [0.2, 0.25) is 0 Å². The van der Waals surface area contributed by atoms with Gasteiger partial charge in [-0.1, -0.05) is 0 Å². The lowest BCUT2D eigenvalue weighted by atomic mass is 10.1. The lowest BCUT2D eigenvalue weighted by Crippen LogP contribution is -2.15. The number of hydrogen-bond donors (Lipinski definition) is 2. The Hall–Kier alpha value is -2.11. The van der Waals surface area contributed by atoms with Gasteiger partial charge in [0.15, 0.2) is 6.61 Å². The summed E-state index contributed by atoms with van der Waals surface area (Å²) in [6.45, 7) is 0.631. The van der Waals surface area contributed by atoms with Crippen molar-refractivity contribution in [3.63, 3.8) is 0 Å². The smallest absolute Gasteiger partial charge is 0.341 e. The zero-order valence-electron chi connectivity index (χ0n) is 8.49. The third-order valence-corrected chi connectivity index (χ3v) is 1.82. The maximum atomic E-state index is 13.5. The van der Waals surface area contributed by atoms with Crippen LogP contribution in [0.15, 0.2) is 12.1 Å². The summed E-state index contributed by atoms with van der Waals surface area (Å²) in [5, 5.41) is 8.29. The number of aryl methyl sites for hydroxylation is 1. The van der Waals surface area contributed by atoms with E-state index in [1.54, 1.807) is 0 Å². The molecule has 0 aromatic heterocycles. The van der Waals surface area contributed by atoms with E-state index in [4.69, 9.17) is 10.8 Å². The van der Waals surface area contributed by atoms with E-state index >= 15 is 0 Å². The molecule has 0 unspecified atom stereocenters. The van der Waals surface area contributed by atoms with Crippen LogP contribution in [0.25, 0.3) is 0 Å². The Kier molecular flexibility index (Phi) is 3.44. The van der Waals surface area contributed by atoms with Gasteiger partial charge in [-0.05, 0) is 24.6 Å². The minimum atomic E-state index is -1.31. The summed E-state index contributed by atoms with van der Waals surface area (Å²) in [6, 6.07) is 2.47. The number of nitrogens with two attached hydrogens (primary N) is 1. The second kappa shape index (κ2) is 4.61. The molecule has 86 valence electrons. The van der Waals surface area contributed by atoms with Gasteiger partial charge in [0, 0.05) is 5.69 Å². The van der Waals surface area contributed by atoms with Gasteiger partial charge in [-0.3, -0.25) is 0 Å². The van der Waals surface area contributed by atoms with E-state index in [1.165, 1.54) is 13.0 Å². The van der Waals surface area contributed by atoms with Crippen LogP contribution in [0.1, 0.15) is 15.9 Å². The summed E-state index contributed by atoms with van der Waals surface area (Å²) in [7, 11) is 0. The molecule has 0 saturated carbocycles. The Morgan fingerprint density at radius 3 is 2.69 bits per heavy atom. The van der Waals surface area contributed by atoms with Crippen molar-refractivity contribution >= 4 is 17.6 Å². The summed E-state index contributed by atoms with van der Waals surface area (Å²) in [5.41, 5.74) is 5.48. The molecule has 0 bridgehead atoms. The molecule has 16 heavy (non-hydrogen) atoms. The number of aliphatic carboxylic acids is 1. The highest BCUT2D eigenvalue weighted by Gasteiger charge is 2.16. The fraction of sp³-hybridized carbons (Fsp3) is 0.200. The highest BCUT2D eigenvalue weighted by Crippen LogP contribution is 2.17. The van der Waals surface area contributed by atoms with E-state index in [0.717, 1.165) is 6.07 Å². The summed E-state index contributed by atoms with van der Waals surface area (Å²) in [6.07, 6.45) is 0. The zero-order valence-corrected chi connectivity index (χ0v) is 8.49. The van der Waals surface area contributed by atoms with Crippen molar-refractivity contribution in [3.8, 4) is 0 Å². The lowest BCUT2D eigenvalue weighted by molar-refractivity contribution is -0.140. The molecule has 0 fully saturated rings. The van der Waals surface area contributed by atoms with Crippen LogP contribution in [0.3, 0.4) is 0 Å². The minimum absolute atomic E-state index is 0.197. The Morgan fingerprint density at radius 1 is 1.50 bits per heavy atom. The number of carboxylic acids is 1. The molecule has 0 saturated heterocycles. The van der Waals surface area contributed by atoms with Crippen molar-refractivity contribution < 1.29 is 23.8 Å². The van der Waals surface area contributed by atoms with E-state index in [0.29, 0.717) is 0 Å². The lowest BCUT2D eigenvalue weighted by Gasteiger charge is -2.06. The van der Waals surface area contributed by atoms with Gasteiger partial charge in [-0.2, -0.15) is 0 Å². The van der Waals surface area contributed by atoms with Gasteiger partial charge in [0.05, 0.1) is 5.56 Å². The van der Waals surface area contributed by atoms with Gasteiger partial charge in [-0.15, -0.1) is 0 Å². The first-order valence-corrected chi connectivity index (χ1v) is 4.36. The van der Waals surface area contributed by atoms with Crippen LogP contribution in [0.5, 0.6) is 0 Å². The summed E-state index contributed by atoms with van der Waals surface area (Å²) >= 11 is 0. The first kappa shape index (κ1) is 12.0.